The third kappa shape index (κ3) is 4.03. The van der Waals surface area contributed by atoms with Crippen molar-refractivity contribution in [3.05, 3.63) is 0 Å². The smallest absolute Gasteiger partial charge is 0.248 e. The molecule has 1 aliphatic carbocycles. The Morgan fingerprint density at radius 2 is 1.85 bits per heavy atom. The van der Waals surface area contributed by atoms with Gasteiger partial charge < -0.3 is 5.32 Å². The molecule has 0 radical (unpaired) electrons. The molecule has 1 N–H and O–H groups in total. The van der Waals surface area contributed by atoms with Gasteiger partial charge in [0.1, 0.15) is 0 Å². The molecule has 0 aliphatic heterocycles. The van der Waals surface area contributed by atoms with Crippen LogP contribution in [-0.2, 0) is 0 Å². The molecule has 0 atom stereocenters. The van der Waals surface area contributed by atoms with Crippen LogP contribution in [0.2, 0.25) is 0 Å². The number of alkyl halides is 2. The minimum atomic E-state index is -2.39. The standard InChI is InChI=1S/C10H19F2N/c1-8(2)7-13-9-3-5-10(11,12)6-4-9/h8-9,13H,3-7H2,1-2H3. The van der Waals surface area contributed by atoms with Crippen molar-refractivity contribution in [1.82, 2.24) is 5.32 Å². The Labute approximate surface area is 78.9 Å². The molecule has 0 bridgehead atoms. The molecule has 0 amide bonds. The topological polar surface area (TPSA) is 12.0 Å². The number of halogens is 2. The largest absolute Gasteiger partial charge is 0.314 e. The Kier molecular flexibility index (Phi) is 3.65. The minimum Gasteiger partial charge on any atom is -0.314 e. The predicted octanol–water partition coefficient (Wildman–Crippen LogP) is 2.81. The van der Waals surface area contributed by atoms with Crippen LogP contribution in [0.1, 0.15) is 39.5 Å². The summed E-state index contributed by atoms with van der Waals surface area (Å²) in [7, 11) is 0. The Balaban J connectivity index is 2.18. The molecule has 0 heterocycles. The lowest BCUT2D eigenvalue weighted by molar-refractivity contribution is -0.0405. The quantitative estimate of drug-likeness (QED) is 0.723. The van der Waals surface area contributed by atoms with Crippen molar-refractivity contribution in [3.63, 3.8) is 0 Å². The zero-order valence-corrected chi connectivity index (χ0v) is 8.45. The van der Waals surface area contributed by atoms with Crippen molar-refractivity contribution >= 4 is 0 Å². The van der Waals surface area contributed by atoms with Gasteiger partial charge >= 0.3 is 0 Å². The lowest BCUT2D eigenvalue weighted by Crippen LogP contribution is -2.38. The molecule has 0 aromatic heterocycles. The zero-order valence-electron chi connectivity index (χ0n) is 8.45. The van der Waals surface area contributed by atoms with Crippen LogP contribution in [0.25, 0.3) is 0 Å². The zero-order chi connectivity index (χ0) is 9.90. The first-order valence-corrected chi connectivity index (χ1v) is 5.11. The van der Waals surface area contributed by atoms with E-state index >= 15 is 0 Å². The van der Waals surface area contributed by atoms with Gasteiger partial charge in [0, 0.05) is 18.9 Å². The highest BCUT2D eigenvalue weighted by Crippen LogP contribution is 2.32. The maximum Gasteiger partial charge on any atom is 0.248 e. The second kappa shape index (κ2) is 4.36. The molecule has 78 valence electrons. The third-order valence-corrected chi connectivity index (χ3v) is 2.53. The van der Waals surface area contributed by atoms with Gasteiger partial charge in [-0.15, -0.1) is 0 Å². The van der Waals surface area contributed by atoms with E-state index in [2.05, 4.69) is 19.2 Å². The van der Waals surface area contributed by atoms with Crippen molar-refractivity contribution < 1.29 is 8.78 Å². The van der Waals surface area contributed by atoms with E-state index in [1.54, 1.807) is 0 Å². The van der Waals surface area contributed by atoms with Crippen LogP contribution < -0.4 is 5.32 Å². The molecular weight excluding hydrogens is 172 g/mol. The van der Waals surface area contributed by atoms with Crippen LogP contribution in [0, 0.1) is 5.92 Å². The highest BCUT2D eigenvalue weighted by Gasteiger charge is 2.34. The first kappa shape index (κ1) is 10.9. The average Bonchev–Trinajstić information content (AvgIpc) is 2.02. The van der Waals surface area contributed by atoms with Crippen LogP contribution >= 0.6 is 0 Å². The van der Waals surface area contributed by atoms with Crippen LogP contribution in [0.5, 0.6) is 0 Å². The van der Waals surface area contributed by atoms with Gasteiger partial charge in [0.2, 0.25) is 5.92 Å². The monoisotopic (exact) mass is 191 g/mol. The van der Waals surface area contributed by atoms with E-state index in [9.17, 15) is 8.78 Å². The molecule has 0 saturated heterocycles. The fraction of sp³-hybridized carbons (Fsp3) is 1.00. The summed E-state index contributed by atoms with van der Waals surface area (Å²) in [6.45, 7) is 5.20. The number of rotatable bonds is 3. The fourth-order valence-electron chi connectivity index (χ4n) is 1.65. The normalized spacial score (nSPS) is 23.8. The summed E-state index contributed by atoms with van der Waals surface area (Å²) in [6, 6.07) is 0.321. The third-order valence-electron chi connectivity index (χ3n) is 2.53. The van der Waals surface area contributed by atoms with E-state index in [0.29, 0.717) is 24.8 Å². The van der Waals surface area contributed by atoms with Crippen LogP contribution in [0.15, 0.2) is 0 Å². The van der Waals surface area contributed by atoms with Gasteiger partial charge in [-0.25, -0.2) is 8.78 Å². The molecule has 3 heteroatoms. The molecule has 1 aliphatic rings. The van der Waals surface area contributed by atoms with Gasteiger partial charge in [0.25, 0.3) is 0 Å². The summed E-state index contributed by atoms with van der Waals surface area (Å²) in [4.78, 5) is 0. The van der Waals surface area contributed by atoms with E-state index in [1.807, 2.05) is 0 Å². The highest BCUT2D eigenvalue weighted by atomic mass is 19.3. The molecule has 0 aromatic rings. The van der Waals surface area contributed by atoms with Gasteiger partial charge in [-0.1, -0.05) is 13.8 Å². The Morgan fingerprint density at radius 3 is 2.31 bits per heavy atom. The molecule has 0 aromatic carbocycles. The molecule has 13 heavy (non-hydrogen) atoms. The SMILES string of the molecule is CC(C)CNC1CCC(F)(F)CC1. The molecule has 1 fully saturated rings. The first-order chi connectivity index (χ1) is 5.99. The number of hydrogen-bond acceptors (Lipinski definition) is 1. The lowest BCUT2D eigenvalue weighted by atomic mass is 9.92. The fourth-order valence-corrected chi connectivity index (χ4v) is 1.65. The number of hydrogen-bond donors (Lipinski definition) is 1. The van der Waals surface area contributed by atoms with Gasteiger partial charge in [-0.3, -0.25) is 0 Å². The Morgan fingerprint density at radius 1 is 1.31 bits per heavy atom. The lowest BCUT2D eigenvalue weighted by Gasteiger charge is -2.29. The van der Waals surface area contributed by atoms with Crippen LogP contribution in [-0.4, -0.2) is 18.5 Å². The molecule has 0 spiro atoms. The van der Waals surface area contributed by atoms with E-state index in [4.69, 9.17) is 0 Å². The minimum absolute atomic E-state index is 0.0583. The molecule has 0 unspecified atom stereocenters. The molecule has 1 saturated carbocycles. The first-order valence-electron chi connectivity index (χ1n) is 5.11. The Bertz CT molecular complexity index is 144. The summed E-state index contributed by atoms with van der Waals surface area (Å²) in [5.41, 5.74) is 0. The summed E-state index contributed by atoms with van der Waals surface area (Å²) in [5, 5.41) is 3.33. The maximum absolute atomic E-state index is 12.7. The molecular formula is C10H19F2N. The van der Waals surface area contributed by atoms with Crippen LogP contribution in [0.3, 0.4) is 0 Å². The van der Waals surface area contributed by atoms with E-state index < -0.39 is 5.92 Å². The van der Waals surface area contributed by atoms with Gasteiger partial charge in [-0.2, -0.15) is 0 Å². The van der Waals surface area contributed by atoms with E-state index in [-0.39, 0.29) is 12.8 Å². The highest BCUT2D eigenvalue weighted by molar-refractivity contribution is 4.81. The van der Waals surface area contributed by atoms with E-state index in [1.165, 1.54) is 0 Å². The molecule has 1 nitrogen and oxygen atoms in total. The van der Waals surface area contributed by atoms with Gasteiger partial charge in [0.05, 0.1) is 0 Å². The second-order valence-corrected chi connectivity index (χ2v) is 4.43. The summed E-state index contributed by atoms with van der Waals surface area (Å²) in [6.07, 6.45) is 1.37. The van der Waals surface area contributed by atoms with Crippen molar-refractivity contribution in [3.8, 4) is 0 Å². The Hall–Kier alpha value is -0.180. The summed E-state index contributed by atoms with van der Waals surface area (Å²) in [5.74, 6) is -1.79. The van der Waals surface area contributed by atoms with Crippen LogP contribution in [0.4, 0.5) is 8.78 Å². The van der Waals surface area contributed by atoms with Crippen molar-refractivity contribution in [2.75, 3.05) is 6.54 Å². The molecule has 1 rings (SSSR count). The van der Waals surface area contributed by atoms with Crippen molar-refractivity contribution in [2.45, 2.75) is 51.5 Å². The predicted molar refractivity (Wildman–Crippen MR) is 50.0 cm³/mol. The van der Waals surface area contributed by atoms with Crippen molar-refractivity contribution in [2.24, 2.45) is 5.92 Å². The van der Waals surface area contributed by atoms with Crippen molar-refractivity contribution in [1.29, 1.82) is 0 Å². The van der Waals surface area contributed by atoms with Gasteiger partial charge in [0.15, 0.2) is 0 Å². The number of nitrogens with one attached hydrogen (secondary N) is 1. The maximum atomic E-state index is 12.7. The average molecular weight is 191 g/mol. The van der Waals surface area contributed by atoms with Gasteiger partial charge in [-0.05, 0) is 25.3 Å². The second-order valence-electron chi connectivity index (χ2n) is 4.43. The summed E-state index contributed by atoms with van der Waals surface area (Å²) < 4.78 is 25.5. The van der Waals surface area contributed by atoms with E-state index in [0.717, 1.165) is 6.54 Å². The summed E-state index contributed by atoms with van der Waals surface area (Å²) >= 11 is 0.